The minimum absolute atomic E-state index is 0. The van der Waals surface area contributed by atoms with Crippen molar-refractivity contribution in [1.29, 1.82) is 0 Å². The summed E-state index contributed by atoms with van der Waals surface area (Å²) in [5, 5.41) is 0. The molecule has 56 valence electrons. The smallest absolute Gasteiger partial charge is 0.262 e. The first kappa shape index (κ1) is 9.11. The number of nitrogens with two attached hydrogens (primary N) is 1. The van der Waals surface area contributed by atoms with Gasteiger partial charge in [-0.15, -0.1) is 12.4 Å². The van der Waals surface area contributed by atoms with E-state index in [1.165, 1.54) is 0 Å². The topological polar surface area (TPSA) is 26.0 Å². The number of hydrogen-bond acceptors (Lipinski definition) is 1. The average molecular weight is 158 g/mol. The van der Waals surface area contributed by atoms with E-state index in [0.29, 0.717) is 12.8 Å². The maximum atomic E-state index is 12.2. The Morgan fingerprint density at radius 3 is 2.11 bits per heavy atom. The highest BCUT2D eigenvalue weighted by Gasteiger charge is 2.40. The van der Waals surface area contributed by atoms with Crippen LogP contribution in [0.15, 0.2) is 0 Å². The first-order valence-corrected chi connectivity index (χ1v) is 2.76. The molecule has 1 aliphatic carbocycles. The van der Waals surface area contributed by atoms with Crippen LogP contribution >= 0.6 is 12.4 Å². The lowest BCUT2D eigenvalue weighted by Gasteiger charge is -2.12. The molecule has 1 nitrogen and oxygen atoms in total. The first-order valence-electron chi connectivity index (χ1n) is 2.76. The number of halogens is 3. The molecule has 1 saturated carbocycles. The third-order valence-corrected chi connectivity index (χ3v) is 1.57. The maximum absolute atomic E-state index is 12.2. The molecule has 2 N–H and O–H groups in total. The summed E-state index contributed by atoms with van der Waals surface area (Å²) in [5.74, 6) is -2.57. The molecule has 0 spiro atoms. The summed E-state index contributed by atoms with van der Waals surface area (Å²) in [6, 6.07) is -0.873. The largest absolute Gasteiger partial charge is 0.323 e. The van der Waals surface area contributed by atoms with Crippen molar-refractivity contribution in [2.45, 2.75) is 31.2 Å². The molecule has 0 aromatic rings. The van der Waals surface area contributed by atoms with E-state index in [1.54, 1.807) is 0 Å². The summed E-state index contributed by atoms with van der Waals surface area (Å²) in [6.07, 6.45) is 1.04. The predicted molar refractivity (Wildman–Crippen MR) is 34.0 cm³/mol. The number of alkyl halides is 2. The van der Waals surface area contributed by atoms with Crippen molar-refractivity contribution in [3.8, 4) is 0 Å². The van der Waals surface area contributed by atoms with Crippen LogP contribution in [0.4, 0.5) is 8.78 Å². The normalized spacial score (nSPS) is 31.7. The molecule has 1 aliphatic rings. The van der Waals surface area contributed by atoms with Crippen molar-refractivity contribution >= 4 is 12.4 Å². The Morgan fingerprint density at radius 1 is 1.44 bits per heavy atom. The molecule has 0 bridgehead atoms. The first-order chi connectivity index (χ1) is 3.63. The average Bonchev–Trinajstić information content (AvgIpc) is 1.86. The lowest BCUT2D eigenvalue weighted by molar-refractivity contribution is -0.00644. The van der Waals surface area contributed by atoms with Gasteiger partial charge in [-0.3, -0.25) is 0 Å². The fourth-order valence-electron chi connectivity index (χ4n) is 0.954. The summed E-state index contributed by atoms with van der Waals surface area (Å²) in [7, 11) is 0. The second kappa shape index (κ2) is 2.80. The standard InChI is InChI=1S/C5H9F2N.ClH/c6-5(7)3-1-2-4(5)8;/h4H,1-3,8H2;1H. The van der Waals surface area contributed by atoms with Crippen LogP contribution in [0.2, 0.25) is 0 Å². The van der Waals surface area contributed by atoms with Crippen molar-refractivity contribution in [2.75, 3.05) is 0 Å². The third kappa shape index (κ3) is 1.76. The molecule has 0 amide bonds. The Morgan fingerprint density at radius 2 is 2.00 bits per heavy atom. The van der Waals surface area contributed by atoms with Crippen LogP contribution in [0.5, 0.6) is 0 Å². The van der Waals surface area contributed by atoms with E-state index in [1.807, 2.05) is 0 Å². The van der Waals surface area contributed by atoms with Gasteiger partial charge in [0.15, 0.2) is 0 Å². The van der Waals surface area contributed by atoms with E-state index in [0.717, 1.165) is 0 Å². The summed E-state index contributed by atoms with van der Waals surface area (Å²) < 4.78 is 24.4. The van der Waals surface area contributed by atoms with Crippen LogP contribution in [0.25, 0.3) is 0 Å². The molecule has 1 unspecified atom stereocenters. The van der Waals surface area contributed by atoms with Crippen molar-refractivity contribution in [3.63, 3.8) is 0 Å². The van der Waals surface area contributed by atoms with Gasteiger partial charge in [0.25, 0.3) is 5.92 Å². The molecule has 0 heterocycles. The highest BCUT2D eigenvalue weighted by atomic mass is 35.5. The molecule has 0 aromatic carbocycles. The Hall–Kier alpha value is 0.110. The van der Waals surface area contributed by atoms with Gasteiger partial charge in [-0.1, -0.05) is 0 Å². The minimum Gasteiger partial charge on any atom is -0.323 e. The van der Waals surface area contributed by atoms with Gasteiger partial charge in [0.05, 0.1) is 6.04 Å². The van der Waals surface area contributed by atoms with Gasteiger partial charge in [0.2, 0.25) is 0 Å². The molecule has 4 heteroatoms. The second-order valence-corrected chi connectivity index (χ2v) is 2.26. The van der Waals surface area contributed by atoms with E-state index < -0.39 is 12.0 Å². The van der Waals surface area contributed by atoms with Gasteiger partial charge in [-0.2, -0.15) is 0 Å². The molecule has 0 saturated heterocycles. The van der Waals surface area contributed by atoms with Gasteiger partial charge >= 0.3 is 0 Å². The molecule has 0 aromatic heterocycles. The zero-order valence-electron chi connectivity index (χ0n) is 4.94. The SMILES string of the molecule is Cl.NC1CCCC1(F)F. The van der Waals surface area contributed by atoms with Gasteiger partial charge in [0.1, 0.15) is 0 Å². The van der Waals surface area contributed by atoms with E-state index >= 15 is 0 Å². The lowest BCUT2D eigenvalue weighted by atomic mass is 10.2. The minimum atomic E-state index is -2.57. The molecule has 9 heavy (non-hydrogen) atoms. The Bertz CT molecular complexity index is 97.0. The van der Waals surface area contributed by atoms with Gasteiger partial charge < -0.3 is 5.73 Å². The van der Waals surface area contributed by atoms with Gasteiger partial charge in [-0.25, -0.2) is 8.78 Å². The van der Waals surface area contributed by atoms with E-state index in [2.05, 4.69) is 0 Å². The quantitative estimate of drug-likeness (QED) is 0.568. The second-order valence-electron chi connectivity index (χ2n) is 2.26. The van der Waals surface area contributed by atoms with Gasteiger partial charge in [-0.05, 0) is 12.8 Å². The zero-order valence-corrected chi connectivity index (χ0v) is 5.76. The molecular formula is C5H10ClF2N. The molecule has 0 aliphatic heterocycles. The van der Waals surface area contributed by atoms with Gasteiger partial charge in [0, 0.05) is 6.42 Å². The zero-order chi connectivity index (χ0) is 6.20. The van der Waals surface area contributed by atoms with Crippen molar-refractivity contribution in [3.05, 3.63) is 0 Å². The van der Waals surface area contributed by atoms with Crippen LogP contribution in [0.1, 0.15) is 19.3 Å². The van der Waals surface area contributed by atoms with E-state index in [9.17, 15) is 8.78 Å². The van der Waals surface area contributed by atoms with Crippen molar-refractivity contribution in [1.82, 2.24) is 0 Å². The highest BCUT2D eigenvalue weighted by Crippen LogP contribution is 2.33. The van der Waals surface area contributed by atoms with E-state index in [-0.39, 0.29) is 18.8 Å². The van der Waals surface area contributed by atoms with Crippen LogP contribution in [0.3, 0.4) is 0 Å². The van der Waals surface area contributed by atoms with Crippen LogP contribution in [-0.2, 0) is 0 Å². The van der Waals surface area contributed by atoms with Crippen LogP contribution < -0.4 is 5.73 Å². The summed E-state index contributed by atoms with van der Waals surface area (Å²) in [4.78, 5) is 0. The molecule has 1 rings (SSSR count). The monoisotopic (exact) mass is 157 g/mol. The molecule has 1 fully saturated rings. The summed E-state index contributed by atoms with van der Waals surface area (Å²) in [6.45, 7) is 0. The summed E-state index contributed by atoms with van der Waals surface area (Å²) in [5.41, 5.74) is 5.06. The molecular weight excluding hydrogens is 148 g/mol. The Labute approximate surface area is 59.0 Å². The van der Waals surface area contributed by atoms with Crippen LogP contribution in [0, 0.1) is 0 Å². The summed E-state index contributed by atoms with van der Waals surface area (Å²) >= 11 is 0. The fraction of sp³-hybridized carbons (Fsp3) is 1.00. The third-order valence-electron chi connectivity index (χ3n) is 1.57. The van der Waals surface area contributed by atoms with Crippen molar-refractivity contribution < 1.29 is 8.78 Å². The van der Waals surface area contributed by atoms with Crippen molar-refractivity contribution in [2.24, 2.45) is 5.73 Å². The predicted octanol–water partition coefficient (Wildman–Crippen LogP) is 1.55. The highest BCUT2D eigenvalue weighted by molar-refractivity contribution is 5.85. The van der Waals surface area contributed by atoms with E-state index in [4.69, 9.17) is 5.73 Å². The lowest BCUT2D eigenvalue weighted by Crippen LogP contribution is -2.34. The van der Waals surface area contributed by atoms with Crippen LogP contribution in [-0.4, -0.2) is 12.0 Å². The maximum Gasteiger partial charge on any atom is 0.262 e. The Balaban J connectivity index is 0.000000640. The number of rotatable bonds is 0. The Kier molecular flexibility index (Phi) is 2.83. The molecule has 0 radical (unpaired) electrons. The number of hydrogen-bond donors (Lipinski definition) is 1. The molecule has 1 atom stereocenters. The fourth-order valence-corrected chi connectivity index (χ4v) is 0.954.